The minimum absolute atomic E-state index is 0.180. The topological polar surface area (TPSA) is 165 Å². The summed E-state index contributed by atoms with van der Waals surface area (Å²) in [5.74, 6) is -1.44. The number of benzene rings is 1. The third-order valence-electron chi connectivity index (χ3n) is 7.56. The maximum Gasteiger partial charge on any atom is 0.459 e. The van der Waals surface area contributed by atoms with Crippen molar-refractivity contribution in [3.63, 3.8) is 0 Å². The molecule has 17 heteroatoms. The molecule has 14 nitrogen and oxygen atoms in total. The van der Waals surface area contributed by atoms with Crippen LogP contribution in [0, 0.1) is 5.92 Å². The molecule has 1 aromatic carbocycles. The molecule has 2 aromatic rings. The molecule has 1 saturated carbocycles. The van der Waals surface area contributed by atoms with E-state index in [4.69, 9.17) is 23.3 Å². The summed E-state index contributed by atoms with van der Waals surface area (Å²) in [5, 5.41) is 0.950. The second kappa shape index (κ2) is 15.8. The number of halogens is 1. The molecule has 1 unspecified atom stereocenters. The number of amides is 2. The molecule has 4 rings (SSSR count). The number of nitrogens with one attached hydrogen (secondary N) is 1. The van der Waals surface area contributed by atoms with E-state index in [0.717, 1.165) is 35.6 Å². The summed E-state index contributed by atoms with van der Waals surface area (Å²) < 4.78 is 58.6. The first-order valence-electron chi connectivity index (χ1n) is 16.4. The van der Waals surface area contributed by atoms with Gasteiger partial charge in [-0.2, -0.15) is 15.0 Å². The lowest BCUT2D eigenvalue weighted by Crippen LogP contribution is -2.45. The Morgan fingerprint density at radius 2 is 1.66 bits per heavy atom. The first kappa shape index (κ1) is 39.3. The van der Waals surface area contributed by atoms with E-state index in [1.807, 2.05) is 0 Å². The van der Waals surface area contributed by atoms with E-state index >= 15 is 4.39 Å². The molecular weight excluding hydrogens is 694 g/mol. The third-order valence-corrected chi connectivity index (χ3v) is 10.9. The van der Waals surface area contributed by atoms with Gasteiger partial charge in [-0.15, -0.1) is 11.8 Å². The molecule has 2 heterocycles. The average Bonchev–Trinajstić information content (AvgIpc) is 3.25. The van der Waals surface area contributed by atoms with Crippen molar-refractivity contribution in [1.29, 1.82) is 0 Å². The predicted octanol–water partition coefficient (Wildman–Crippen LogP) is 6.79. The van der Waals surface area contributed by atoms with Crippen LogP contribution in [0.25, 0.3) is 0 Å². The Hall–Kier alpha value is -3.46. The summed E-state index contributed by atoms with van der Waals surface area (Å²) in [4.78, 5) is 56.4. The number of carbonyl (C=O) groups is 3. The van der Waals surface area contributed by atoms with Gasteiger partial charge in [-0.3, -0.25) is 13.9 Å². The van der Waals surface area contributed by atoms with E-state index in [1.54, 1.807) is 78.8 Å². The monoisotopic (exact) mass is 740 g/mol. The number of alkyl halides is 1. The highest BCUT2D eigenvalue weighted by molar-refractivity contribution is 8.00. The van der Waals surface area contributed by atoms with E-state index in [2.05, 4.69) is 10.1 Å². The Balaban J connectivity index is 1.51. The number of rotatable bonds is 11. The number of anilines is 1. The van der Waals surface area contributed by atoms with E-state index in [1.165, 1.54) is 19.2 Å². The van der Waals surface area contributed by atoms with Crippen LogP contribution in [0.2, 0.25) is 0 Å². The van der Waals surface area contributed by atoms with Crippen molar-refractivity contribution in [2.75, 3.05) is 11.5 Å². The molecule has 0 radical (unpaired) electrons. The van der Waals surface area contributed by atoms with Crippen LogP contribution in [0.4, 0.5) is 19.8 Å². The maximum atomic E-state index is 15.8. The fourth-order valence-corrected chi connectivity index (χ4v) is 7.99. The summed E-state index contributed by atoms with van der Waals surface area (Å²) in [6.07, 6.45) is -0.247. The van der Waals surface area contributed by atoms with Crippen LogP contribution in [-0.2, 0) is 28.1 Å². The van der Waals surface area contributed by atoms with Crippen molar-refractivity contribution < 1.29 is 46.6 Å². The van der Waals surface area contributed by atoms with Crippen LogP contribution in [0.5, 0.6) is 5.75 Å². The van der Waals surface area contributed by atoms with Gasteiger partial charge in [0.1, 0.15) is 40.6 Å². The van der Waals surface area contributed by atoms with Gasteiger partial charge in [-0.25, -0.2) is 23.3 Å². The van der Waals surface area contributed by atoms with Crippen LogP contribution < -0.4 is 20.2 Å². The highest BCUT2D eigenvalue weighted by atomic mass is 32.2. The largest absolute Gasteiger partial charge is 0.461 e. The number of nitrogens with zero attached hydrogens (tertiary/aromatic N) is 3. The van der Waals surface area contributed by atoms with Gasteiger partial charge >= 0.3 is 31.6 Å². The lowest BCUT2D eigenvalue weighted by Gasteiger charge is -2.28. The fourth-order valence-electron chi connectivity index (χ4n) is 4.78. The number of esters is 1. The van der Waals surface area contributed by atoms with Crippen molar-refractivity contribution in [3.05, 3.63) is 53.1 Å². The zero-order valence-corrected chi connectivity index (χ0v) is 31.2. The van der Waals surface area contributed by atoms with Crippen molar-refractivity contribution >= 4 is 43.5 Å². The maximum absolute atomic E-state index is 15.8. The second-order valence-electron chi connectivity index (χ2n) is 14.2. The van der Waals surface area contributed by atoms with E-state index in [-0.39, 0.29) is 24.3 Å². The molecule has 2 fully saturated rings. The standard InChI is InChI=1S/C33H46FN4O10PS/c1-20-24(19-44-49(43,48-23-13-10-9-11-14-23)36-21(2)28(39)45-22-15-12-16-22)50-27(26(20)34)37-18-17-25(35-29(37)40)38(30(41)46-32(3,4)5)31(42)47-33(6,7)8/h9-11,13-14,17-18,20-22,24,26-27H,12,15-16,19H2,1-8H3,(H,36,43)/t20-,21+,24-,26+,27-,49?/m1/s1. The molecule has 1 aliphatic heterocycles. The van der Waals surface area contributed by atoms with Gasteiger partial charge in [0.25, 0.3) is 0 Å². The van der Waals surface area contributed by atoms with Crippen molar-refractivity contribution in [2.45, 2.75) is 115 Å². The molecule has 2 aliphatic rings. The molecule has 1 N–H and O–H groups in total. The van der Waals surface area contributed by atoms with Gasteiger partial charge < -0.3 is 18.7 Å². The molecular formula is C33H46FN4O10PS. The third kappa shape index (κ3) is 10.5. The summed E-state index contributed by atoms with van der Waals surface area (Å²) in [6.45, 7) is 12.5. The molecule has 50 heavy (non-hydrogen) atoms. The quantitative estimate of drug-likeness (QED) is 0.146. The van der Waals surface area contributed by atoms with E-state index < -0.39 is 71.5 Å². The number of aromatic nitrogens is 2. The molecule has 0 spiro atoms. The summed E-state index contributed by atoms with van der Waals surface area (Å²) in [5.41, 5.74) is -2.90. The van der Waals surface area contributed by atoms with Gasteiger partial charge in [0, 0.05) is 17.4 Å². The number of hydrogen-bond donors (Lipinski definition) is 1. The van der Waals surface area contributed by atoms with Crippen LogP contribution in [0.15, 0.2) is 47.4 Å². The molecule has 1 aliphatic carbocycles. The highest BCUT2D eigenvalue weighted by Gasteiger charge is 2.45. The van der Waals surface area contributed by atoms with E-state index in [0.29, 0.717) is 4.90 Å². The van der Waals surface area contributed by atoms with Crippen LogP contribution in [0.3, 0.4) is 0 Å². The Labute approximate surface area is 295 Å². The summed E-state index contributed by atoms with van der Waals surface area (Å²) in [7, 11) is -4.21. The second-order valence-corrected chi connectivity index (χ2v) is 17.2. The molecule has 6 atom stereocenters. The van der Waals surface area contributed by atoms with Gasteiger partial charge in [0.2, 0.25) is 0 Å². The number of ether oxygens (including phenoxy) is 3. The molecule has 2 amide bonds. The Morgan fingerprint density at radius 3 is 2.18 bits per heavy atom. The minimum Gasteiger partial charge on any atom is -0.461 e. The number of thioether (sulfide) groups is 1. The zero-order chi connectivity index (χ0) is 37.0. The Bertz CT molecular complexity index is 1600. The first-order valence-corrected chi connectivity index (χ1v) is 18.9. The number of para-hydroxylation sites is 1. The first-order chi connectivity index (χ1) is 23.2. The zero-order valence-electron chi connectivity index (χ0n) is 29.5. The summed E-state index contributed by atoms with van der Waals surface area (Å²) in [6, 6.07) is 8.43. The van der Waals surface area contributed by atoms with E-state index in [9.17, 15) is 23.7 Å². The molecule has 0 bridgehead atoms. The van der Waals surface area contributed by atoms with Gasteiger partial charge in [0.15, 0.2) is 5.82 Å². The molecule has 276 valence electrons. The number of hydrogen-bond acceptors (Lipinski definition) is 12. The fraction of sp³-hybridized carbons (Fsp3) is 0.606. The van der Waals surface area contributed by atoms with Gasteiger partial charge in [0.05, 0.1) is 6.61 Å². The minimum atomic E-state index is -4.21. The normalized spacial score (nSPS) is 22.8. The highest BCUT2D eigenvalue weighted by Crippen LogP contribution is 2.50. The lowest BCUT2D eigenvalue weighted by atomic mass is 9.96. The van der Waals surface area contributed by atoms with Crippen molar-refractivity contribution in [1.82, 2.24) is 14.6 Å². The molecule has 1 saturated heterocycles. The van der Waals surface area contributed by atoms with Crippen LogP contribution in [-0.4, -0.2) is 69.1 Å². The van der Waals surface area contributed by atoms with Gasteiger partial charge in [-0.05, 0) is 85.9 Å². The number of carbonyl (C=O) groups excluding carboxylic acids is 3. The Kier molecular flexibility index (Phi) is 12.5. The smallest absolute Gasteiger partial charge is 0.459 e. The molecule has 1 aromatic heterocycles. The number of imide groups is 1. The van der Waals surface area contributed by atoms with Crippen molar-refractivity contribution in [2.24, 2.45) is 5.92 Å². The Morgan fingerprint density at radius 1 is 1.06 bits per heavy atom. The van der Waals surface area contributed by atoms with Gasteiger partial charge in [-0.1, -0.05) is 25.1 Å². The van der Waals surface area contributed by atoms with Crippen LogP contribution >= 0.6 is 19.5 Å². The van der Waals surface area contributed by atoms with Crippen LogP contribution in [0.1, 0.15) is 80.0 Å². The predicted molar refractivity (Wildman–Crippen MR) is 185 cm³/mol. The van der Waals surface area contributed by atoms with Crippen molar-refractivity contribution in [3.8, 4) is 5.75 Å². The average molecular weight is 741 g/mol. The summed E-state index contributed by atoms with van der Waals surface area (Å²) >= 11 is 1.06. The SMILES string of the molecule is C[C@H]1[C@H](F)[C@H](n2ccc(N(C(=O)OC(C)(C)C)C(=O)OC(C)(C)C)nc2=O)S[C@@H]1COP(=O)(N[C@@H](C)C(=O)OC1CCC1)Oc1ccccc1. The lowest BCUT2D eigenvalue weighted by molar-refractivity contribution is -0.154.